The largest absolute Gasteiger partial charge is 0.296 e. The molecule has 2 atom stereocenters. The van der Waals surface area contributed by atoms with Gasteiger partial charge in [0, 0.05) is 12.1 Å². The fourth-order valence-corrected chi connectivity index (χ4v) is 1.30. The lowest BCUT2D eigenvalue weighted by Crippen LogP contribution is -2.48. The van der Waals surface area contributed by atoms with E-state index in [-0.39, 0.29) is 6.17 Å². The molecular weight excluding hydrogens is 188 g/mol. The van der Waals surface area contributed by atoms with E-state index in [4.69, 9.17) is 0 Å². The predicted molar refractivity (Wildman–Crippen MR) is 64.5 cm³/mol. The molecule has 0 amide bonds. The molecule has 2 N–H and O–H groups in total. The molecule has 0 aromatic heterocycles. The van der Waals surface area contributed by atoms with Crippen LogP contribution in [0.1, 0.15) is 40.5 Å². The zero-order chi connectivity index (χ0) is 11.0. The van der Waals surface area contributed by atoms with Crippen molar-refractivity contribution in [1.29, 1.82) is 0 Å². The van der Waals surface area contributed by atoms with E-state index >= 15 is 0 Å². The van der Waals surface area contributed by atoms with E-state index in [9.17, 15) is 0 Å². The molecule has 0 aromatic carbocycles. The Morgan fingerprint density at radius 2 is 1.50 bits per heavy atom. The van der Waals surface area contributed by atoms with Crippen molar-refractivity contribution in [2.24, 2.45) is 0 Å². The lowest BCUT2D eigenvalue weighted by atomic mass is 10.2. The summed E-state index contributed by atoms with van der Waals surface area (Å²) in [6, 6.07) is 1.08. The van der Waals surface area contributed by atoms with Crippen LogP contribution in [0.15, 0.2) is 11.8 Å². The van der Waals surface area contributed by atoms with E-state index in [1.54, 1.807) is 0 Å². The SMILES string of the molecule is CCC(C)NC(C=C[Si])NC(C)CC. The molecule has 0 bridgehead atoms. The highest BCUT2D eigenvalue weighted by molar-refractivity contribution is 6.17. The van der Waals surface area contributed by atoms with Gasteiger partial charge in [0.15, 0.2) is 0 Å². The topological polar surface area (TPSA) is 24.1 Å². The second-order valence-electron chi connectivity index (χ2n) is 3.79. The zero-order valence-corrected chi connectivity index (χ0v) is 10.8. The average molecular weight is 211 g/mol. The quantitative estimate of drug-likeness (QED) is 0.495. The molecule has 0 rings (SSSR count). The third-order valence-electron chi connectivity index (χ3n) is 2.44. The van der Waals surface area contributed by atoms with Crippen LogP contribution in [0, 0.1) is 0 Å². The summed E-state index contributed by atoms with van der Waals surface area (Å²) in [5.41, 5.74) is 1.90. The van der Waals surface area contributed by atoms with E-state index in [0.29, 0.717) is 12.1 Å². The van der Waals surface area contributed by atoms with Gasteiger partial charge in [-0.05, 0) is 26.7 Å². The number of hydrogen-bond acceptors (Lipinski definition) is 2. The molecule has 0 aliphatic rings. The monoisotopic (exact) mass is 211 g/mol. The molecule has 2 nitrogen and oxygen atoms in total. The highest BCUT2D eigenvalue weighted by Gasteiger charge is 2.09. The van der Waals surface area contributed by atoms with E-state index < -0.39 is 0 Å². The van der Waals surface area contributed by atoms with Gasteiger partial charge in [-0.3, -0.25) is 10.6 Å². The summed E-state index contributed by atoms with van der Waals surface area (Å²) in [6.45, 7) is 8.78. The first-order chi connectivity index (χ1) is 6.63. The number of nitrogens with one attached hydrogen (secondary N) is 2. The van der Waals surface area contributed by atoms with E-state index in [1.807, 2.05) is 5.70 Å². The Balaban J connectivity index is 4.01. The van der Waals surface area contributed by atoms with Crippen LogP contribution in [-0.2, 0) is 0 Å². The van der Waals surface area contributed by atoms with E-state index in [2.05, 4.69) is 54.6 Å². The molecule has 0 saturated carbocycles. The Bertz CT molecular complexity index is 147. The highest BCUT2D eigenvalue weighted by Crippen LogP contribution is 1.95. The Labute approximate surface area is 92.0 Å². The van der Waals surface area contributed by atoms with E-state index in [1.165, 1.54) is 0 Å². The summed E-state index contributed by atoms with van der Waals surface area (Å²) >= 11 is 0. The normalized spacial score (nSPS) is 18.4. The van der Waals surface area contributed by atoms with Gasteiger partial charge in [-0.25, -0.2) is 0 Å². The van der Waals surface area contributed by atoms with Gasteiger partial charge in [0.2, 0.25) is 0 Å². The molecule has 0 spiro atoms. The second-order valence-corrected chi connectivity index (χ2v) is 4.12. The van der Waals surface area contributed by atoms with Crippen LogP contribution in [-0.4, -0.2) is 28.5 Å². The van der Waals surface area contributed by atoms with Gasteiger partial charge in [-0.2, -0.15) is 0 Å². The minimum atomic E-state index is 0.261. The van der Waals surface area contributed by atoms with Crippen LogP contribution < -0.4 is 10.6 Å². The van der Waals surface area contributed by atoms with Crippen molar-refractivity contribution in [3.63, 3.8) is 0 Å². The molecule has 0 aromatic rings. The lowest BCUT2D eigenvalue weighted by molar-refractivity contribution is 0.387. The maximum absolute atomic E-state index is 3.50. The van der Waals surface area contributed by atoms with Gasteiger partial charge in [0.1, 0.15) is 0 Å². The third kappa shape index (κ3) is 6.35. The maximum atomic E-state index is 3.50. The van der Waals surface area contributed by atoms with Gasteiger partial charge < -0.3 is 0 Å². The molecule has 3 heteroatoms. The highest BCUT2D eigenvalue weighted by atomic mass is 28.1. The summed E-state index contributed by atoms with van der Waals surface area (Å²) in [6.07, 6.45) is 4.65. The second kappa shape index (κ2) is 8.21. The summed E-state index contributed by atoms with van der Waals surface area (Å²) in [7, 11) is 3.36. The van der Waals surface area contributed by atoms with Crippen molar-refractivity contribution in [3.8, 4) is 0 Å². The molecule has 0 saturated heterocycles. The van der Waals surface area contributed by atoms with Crippen molar-refractivity contribution in [2.45, 2.75) is 58.8 Å². The molecule has 14 heavy (non-hydrogen) atoms. The van der Waals surface area contributed by atoms with Crippen molar-refractivity contribution < 1.29 is 0 Å². The molecule has 0 heterocycles. The smallest absolute Gasteiger partial charge is 0.0764 e. The van der Waals surface area contributed by atoms with Crippen LogP contribution >= 0.6 is 0 Å². The van der Waals surface area contributed by atoms with Crippen molar-refractivity contribution in [1.82, 2.24) is 10.6 Å². The van der Waals surface area contributed by atoms with Crippen molar-refractivity contribution in [2.75, 3.05) is 0 Å². The number of hydrogen-bond donors (Lipinski definition) is 2. The first-order valence-electron chi connectivity index (χ1n) is 5.50. The minimum absolute atomic E-state index is 0.261. The molecular formula is C11H23N2Si. The first-order valence-corrected chi connectivity index (χ1v) is 6.07. The fraction of sp³-hybridized carbons (Fsp3) is 0.818. The molecule has 0 aliphatic heterocycles. The molecule has 0 fully saturated rings. The third-order valence-corrected chi connectivity index (χ3v) is 2.63. The molecule has 0 aliphatic carbocycles. The van der Waals surface area contributed by atoms with Gasteiger partial charge in [0.05, 0.1) is 16.4 Å². The standard InChI is InChI=1S/C11H23N2Si/c1-5-9(3)12-11(7-8-14)13-10(4)6-2/h7-13H,5-6H2,1-4H3. The summed E-state index contributed by atoms with van der Waals surface area (Å²) in [5, 5.41) is 7.01. The zero-order valence-electron chi connectivity index (χ0n) is 9.80. The summed E-state index contributed by atoms with van der Waals surface area (Å²) in [5.74, 6) is 0. The summed E-state index contributed by atoms with van der Waals surface area (Å²) < 4.78 is 0. The lowest BCUT2D eigenvalue weighted by Gasteiger charge is -2.24. The predicted octanol–water partition coefficient (Wildman–Crippen LogP) is 1.77. The van der Waals surface area contributed by atoms with Crippen LogP contribution in [0.4, 0.5) is 0 Å². The van der Waals surface area contributed by atoms with Crippen LogP contribution in [0.2, 0.25) is 0 Å². The van der Waals surface area contributed by atoms with Gasteiger partial charge in [0.25, 0.3) is 0 Å². The molecule has 3 radical (unpaired) electrons. The van der Waals surface area contributed by atoms with Crippen molar-refractivity contribution >= 4 is 10.2 Å². The van der Waals surface area contributed by atoms with Gasteiger partial charge in [-0.15, -0.1) is 5.70 Å². The van der Waals surface area contributed by atoms with Crippen LogP contribution in [0.3, 0.4) is 0 Å². The summed E-state index contributed by atoms with van der Waals surface area (Å²) in [4.78, 5) is 0. The Morgan fingerprint density at radius 1 is 1.07 bits per heavy atom. The van der Waals surface area contributed by atoms with E-state index in [0.717, 1.165) is 12.8 Å². The van der Waals surface area contributed by atoms with Crippen LogP contribution in [0.5, 0.6) is 0 Å². The first kappa shape index (κ1) is 13.9. The molecule has 81 valence electrons. The van der Waals surface area contributed by atoms with Crippen molar-refractivity contribution in [3.05, 3.63) is 11.8 Å². The number of rotatable bonds is 7. The average Bonchev–Trinajstić information content (AvgIpc) is 2.17. The fourth-order valence-electron chi connectivity index (χ4n) is 1.10. The minimum Gasteiger partial charge on any atom is -0.296 e. The molecule has 2 unspecified atom stereocenters. The van der Waals surface area contributed by atoms with Gasteiger partial charge >= 0.3 is 0 Å². The van der Waals surface area contributed by atoms with Crippen LogP contribution in [0.25, 0.3) is 0 Å². The maximum Gasteiger partial charge on any atom is 0.0764 e. The Kier molecular flexibility index (Phi) is 8.13. The van der Waals surface area contributed by atoms with Gasteiger partial charge in [-0.1, -0.05) is 19.9 Å². The Hall–Kier alpha value is -0.123. The Morgan fingerprint density at radius 3 is 1.79 bits per heavy atom.